The summed E-state index contributed by atoms with van der Waals surface area (Å²) in [6.45, 7) is 4.09. The van der Waals surface area contributed by atoms with Crippen LogP contribution in [0.25, 0.3) is 0 Å². The van der Waals surface area contributed by atoms with Gasteiger partial charge in [-0.15, -0.1) is 6.58 Å². The number of non-ortho nitro benzene ring substituents is 1. The van der Waals surface area contributed by atoms with E-state index in [2.05, 4.69) is 27.4 Å². The molecule has 1 aromatic carbocycles. The zero-order chi connectivity index (χ0) is 18.1. The van der Waals surface area contributed by atoms with Gasteiger partial charge in [0.25, 0.3) is 5.69 Å². The molecule has 2 rings (SSSR count). The molecule has 0 amide bonds. The second kappa shape index (κ2) is 9.50. The van der Waals surface area contributed by atoms with Crippen LogP contribution in [-0.2, 0) is 0 Å². The first-order chi connectivity index (χ1) is 12.1. The fourth-order valence-corrected chi connectivity index (χ4v) is 2.72. The van der Waals surface area contributed by atoms with Gasteiger partial charge in [-0.3, -0.25) is 15.5 Å². The number of rotatable bonds is 7. The maximum absolute atomic E-state index is 11.0. The summed E-state index contributed by atoms with van der Waals surface area (Å²) in [4.78, 5) is 15.6. The normalized spacial score (nSPS) is 10.4. The van der Waals surface area contributed by atoms with Crippen molar-refractivity contribution in [1.82, 2.24) is 15.7 Å². The van der Waals surface area contributed by atoms with Crippen LogP contribution in [-0.4, -0.2) is 27.8 Å². The van der Waals surface area contributed by atoms with Gasteiger partial charge in [0.05, 0.1) is 11.1 Å². The number of nitro benzene ring substituents is 1. The van der Waals surface area contributed by atoms with Crippen molar-refractivity contribution in [3.8, 4) is 0 Å². The van der Waals surface area contributed by atoms with Crippen LogP contribution < -0.4 is 10.7 Å². The van der Waals surface area contributed by atoms with E-state index in [1.54, 1.807) is 18.3 Å². The molecule has 0 aliphatic rings. The fourth-order valence-electron chi connectivity index (χ4n) is 1.73. The molecule has 2 N–H and O–H groups in total. The summed E-state index contributed by atoms with van der Waals surface area (Å²) >= 11 is 6.43. The van der Waals surface area contributed by atoms with Gasteiger partial charge in [0.2, 0.25) is 0 Å². The van der Waals surface area contributed by atoms with Gasteiger partial charge in [0.1, 0.15) is 5.03 Å². The molecular formula is C16H15N5O2S2. The van der Waals surface area contributed by atoms with E-state index in [9.17, 15) is 10.1 Å². The quantitative estimate of drug-likeness (QED) is 0.253. The minimum atomic E-state index is -0.448. The van der Waals surface area contributed by atoms with Crippen molar-refractivity contribution in [2.24, 2.45) is 5.10 Å². The largest absolute Gasteiger partial charge is 0.358 e. The lowest BCUT2D eigenvalue weighted by molar-refractivity contribution is -0.384. The van der Waals surface area contributed by atoms with E-state index in [-0.39, 0.29) is 5.69 Å². The Kier molecular flexibility index (Phi) is 7.05. The van der Waals surface area contributed by atoms with Crippen LogP contribution in [0.4, 0.5) is 5.69 Å². The summed E-state index contributed by atoms with van der Waals surface area (Å²) in [5.41, 5.74) is 3.23. The van der Waals surface area contributed by atoms with Crippen LogP contribution in [0.5, 0.6) is 0 Å². The Morgan fingerprint density at radius 2 is 2.28 bits per heavy atom. The first-order valence-electron chi connectivity index (χ1n) is 7.15. The van der Waals surface area contributed by atoms with Gasteiger partial charge >= 0.3 is 0 Å². The standard InChI is InChI=1S/C16H15N5O2S2/c1-2-8-18-16(24)20-19-11-12-10-13(21(22)23)6-7-14(12)25-15-5-3-4-9-17-15/h2-7,9-11H,1,8H2,(H2,18,20,24)/b19-11+. The average molecular weight is 373 g/mol. The molecule has 0 aliphatic carbocycles. The first-order valence-corrected chi connectivity index (χ1v) is 8.37. The van der Waals surface area contributed by atoms with Crippen molar-refractivity contribution < 1.29 is 4.92 Å². The van der Waals surface area contributed by atoms with Crippen LogP contribution in [0.2, 0.25) is 0 Å². The molecule has 0 saturated carbocycles. The third-order valence-electron chi connectivity index (χ3n) is 2.83. The lowest BCUT2D eigenvalue weighted by Crippen LogP contribution is -2.31. The van der Waals surface area contributed by atoms with Crippen LogP contribution in [0.15, 0.2) is 70.3 Å². The maximum atomic E-state index is 11.0. The summed E-state index contributed by atoms with van der Waals surface area (Å²) in [7, 11) is 0. The van der Waals surface area contributed by atoms with Gasteiger partial charge < -0.3 is 5.32 Å². The summed E-state index contributed by atoms with van der Waals surface area (Å²) < 4.78 is 0. The van der Waals surface area contributed by atoms with Crippen molar-refractivity contribution in [2.75, 3.05) is 6.54 Å². The number of pyridine rings is 1. The highest BCUT2D eigenvalue weighted by molar-refractivity contribution is 7.99. The highest BCUT2D eigenvalue weighted by atomic mass is 32.2. The van der Waals surface area contributed by atoms with Crippen molar-refractivity contribution in [2.45, 2.75) is 9.92 Å². The van der Waals surface area contributed by atoms with Gasteiger partial charge in [-0.2, -0.15) is 5.10 Å². The monoisotopic (exact) mass is 373 g/mol. The molecule has 25 heavy (non-hydrogen) atoms. The van der Waals surface area contributed by atoms with Crippen molar-refractivity contribution in [1.29, 1.82) is 0 Å². The Bertz CT molecular complexity index is 796. The second-order valence-electron chi connectivity index (χ2n) is 4.62. The minimum absolute atomic E-state index is 0.0146. The molecule has 0 radical (unpaired) electrons. The molecule has 9 heteroatoms. The Morgan fingerprint density at radius 3 is 2.96 bits per heavy atom. The molecule has 0 unspecified atom stereocenters. The number of hydrogen-bond acceptors (Lipinski definition) is 6. The van der Waals surface area contributed by atoms with Gasteiger partial charge in [0.15, 0.2) is 5.11 Å². The van der Waals surface area contributed by atoms with E-state index >= 15 is 0 Å². The molecule has 0 spiro atoms. The summed E-state index contributed by atoms with van der Waals surface area (Å²) in [6, 6.07) is 10.1. The van der Waals surface area contributed by atoms with Gasteiger partial charge in [0, 0.05) is 35.3 Å². The highest BCUT2D eigenvalue weighted by Crippen LogP contribution is 2.30. The smallest absolute Gasteiger partial charge is 0.270 e. The number of aromatic nitrogens is 1. The predicted octanol–water partition coefficient (Wildman–Crippen LogP) is 3.13. The zero-order valence-electron chi connectivity index (χ0n) is 13.1. The molecule has 2 aromatic rings. The number of hydrogen-bond donors (Lipinski definition) is 2. The number of nitro groups is 1. The number of benzene rings is 1. The van der Waals surface area contributed by atoms with Crippen molar-refractivity contribution >= 4 is 41.0 Å². The van der Waals surface area contributed by atoms with Crippen LogP contribution in [0, 0.1) is 10.1 Å². The number of hydrazone groups is 1. The van der Waals surface area contributed by atoms with E-state index in [0.29, 0.717) is 17.2 Å². The lowest BCUT2D eigenvalue weighted by Gasteiger charge is -2.06. The highest BCUT2D eigenvalue weighted by Gasteiger charge is 2.11. The minimum Gasteiger partial charge on any atom is -0.358 e. The van der Waals surface area contributed by atoms with Gasteiger partial charge in [-0.05, 0) is 30.4 Å². The number of nitrogens with one attached hydrogen (secondary N) is 2. The molecule has 0 bridgehead atoms. The van der Waals surface area contributed by atoms with Gasteiger partial charge in [-0.1, -0.05) is 23.9 Å². The Morgan fingerprint density at radius 1 is 1.44 bits per heavy atom. The molecule has 0 fully saturated rings. The third-order valence-corrected chi connectivity index (χ3v) is 4.11. The second-order valence-corrected chi connectivity index (χ2v) is 6.09. The topological polar surface area (TPSA) is 92.5 Å². The maximum Gasteiger partial charge on any atom is 0.270 e. The Labute approximate surface area is 154 Å². The molecule has 1 aromatic heterocycles. The van der Waals surface area contributed by atoms with Gasteiger partial charge in [-0.25, -0.2) is 4.98 Å². The van der Waals surface area contributed by atoms with E-state index in [1.165, 1.54) is 30.1 Å². The molecule has 128 valence electrons. The molecular weight excluding hydrogens is 358 g/mol. The van der Waals surface area contributed by atoms with Crippen LogP contribution in [0.3, 0.4) is 0 Å². The van der Waals surface area contributed by atoms with Crippen LogP contribution in [0.1, 0.15) is 5.56 Å². The first kappa shape index (κ1) is 18.6. The predicted molar refractivity (Wildman–Crippen MR) is 103 cm³/mol. The molecule has 7 nitrogen and oxygen atoms in total. The molecule has 1 heterocycles. The summed E-state index contributed by atoms with van der Waals surface area (Å²) in [5, 5.41) is 19.0. The zero-order valence-corrected chi connectivity index (χ0v) is 14.7. The van der Waals surface area contributed by atoms with E-state index < -0.39 is 4.92 Å². The van der Waals surface area contributed by atoms with E-state index in [1.807, 2.05) is 18.2 Å². The SMILES string of the molecule is C=CCNC(=S)N/N=C/c1cc([N+](=O)[O-])ccc1Sc1ccccn1. The molecule has 0 aliphatic heterocycles. The fraction of sp³-hybridized carbons (Fsp3) is 0.0625. The Hall–Kier alpha value is -2.78. The van der Waals surface area contributed by atoms with Crippen LogP contribution >= 0.6 is 24.0 Å². The summed E-state index contributed by atoms with van der Waals surface area (Å²) in [5.74, 6) is 0. The Balaban J connectivity index is 2.20. The third kappa shape index (κ3) is 5.98. The molecule has 0 atom stereocenters. The van der Waals surface area contributed by atoms with Crippen molar-refractivity contribution in [3.05, 3.63) is 70.9 Å². The van der Waals surface area contributed by atoms with E-state index in [0.717, 1.165) is 9.92 Å². The number of thiocarbonyl (C=S) groups is 1. The molecule has 0 saturated heterocycles. The summed E-state index contributed by atoms with van der Waals surface area (Å²) in [6.07, 6.45) is 4.84. The number of nitrogens with zero attached hydrogens (tertiary/aromatic N) is 3. The lowest BCUT2D eigenvalue weighted by atomic mass is 10.2. The van der Waals surface area contributed by atoms with Crippen molar-refractivity contribution in [3.63, 3.8) is 0 Å². The van der Waals surface area contributed by atoms with E-state index in [4.69, 9.17) is 12.2 Å². The average Bonchev–Trinajstić information content (AvgIpc) is 2.62.